The molecule has 14 heteroatoms. The summed E-state index contributed by atoms with van der Waals surface area (Å²) in [4.78, 5) is 24.0. The molecule has 0 saturated heterocycles. The summed E-state index contributed by atoms with van der Waals surface area (Å²) in [5.74, 6) is -1.18. The van der Waals surface area contributed by atoms with Crippen LogP contribution in [0.3, 0.4) is 0 Å². The van der Waals surface area contributed by atoms with Crippen LogP contribution in [-0.2, 0) is 4.57 Å². The molecule has 0 aliphatic carbocycles. The predicted octanol–water partition coefficient (Wildman–Crippen LogP) is 8.38. The number of rotatable bonds is 3. The van der Waals surface area contributed by atoms with Gasteiger partial charge in [-0.3, -0.25) is 4.57 Å². The SMILES string of the molecule is CCN(CC)CC.O=P(Cl)(Cl)Cl.O=c1cc(Cl)c2cc(F)ccc2o1.O=c1cc(O)c2cc(F)ccc2o1. The zero-order valence-electron chi connectivity index (χ0n) is 20.4. The summed E-state index contributed by atoms with van der Waals surface area (Å²) in [6.07, 6.45) is 0. The third kappa shape index (κ3) is 12.6. The lowest BCUT2D eigenvalue weighted by Crippen LogP contribution is -2.21. The molecule has 1 N–H and O–H groups in total. The topological polar surface area (TPSA) is 101 Å². The predicted molar refractivity (Wildman–Crippen MR) is 150 cm³/mol. The number of hydrogen-bond donors (Lipinski definition) is 1. The first-order valence-electron chi connectivity index (χ1n) is 10.9. The lowest BCUT2D eigenvalue weighted by Gasteiger charge is -2.13. The van der Waals surface area contributed by atoms with Crippen LogP contribution >= 0.6 is 50.5 Å². The van der Waals surface area contributed by atoms with Crippen molar-refractivity contribution in [3.8, 4) is 5.75 Å². The van der Waals surface area contributed by atoms with Crippen LogP contribution in [0.1, 0.15) is 20.8 Å². The number of nitrogens with zero attached hydrogens (tertiary/aromatic N) is 1. The third-order valence-electron chi connectivity index (χ3n) is 4.68. The lowest BCUT2D eigenvalue weighted by atomic mass is 10.2. The molecule has 4 rings (SSSR count). The maximum Gasteiger partial charge on any atom is 0.339 e. The Kier molecular flexibility index (Phi) is 14.3. The molecule has 7 nitrogen and oxygen atoms in total. The van der Waals surface area contributed by atoms with Crippen LogP contribution in [0.2, 0.25) is 5.02 Å². The van der Waals surface area contributed by atoms with Gasteiger partial charge < -0.3 is 18.8 Å². The Morgan fingerprint density at radius 1 is 0.789 bits per heavy atom. The minimum absolute atomic E-state index is 0.173. The Bertz CT molecular complexity index is 1390. The fraction of sp³-hybridized carbons (Fsp3) is 0.250. The Balaban J connectivity index is 0.000000273. The second-order valence-corrected chi connectivity index (χ2v) is 14.2. The average Bonchev–Trinajstić information content (AvgIpc) is 2.81. The van der Waals surface area contributed by atoms with Crippen molar-refractivity contribution in [2.75, 3.05) is 19.6 Å². The van der Waals surface area contributed by atoms with E-state index >= 15 is 0 Å². The van der Waals surface area contributed by atoms with Gasteiger partial charge in [0, 0.05) is 11.5 Å². The van der Waals surface area contributed by atoms with E-state index in [9.17, 15) is 28.0 Å². The first kappa shape index (κ1) is 33.9. The standard InChI is InChI=1S/C9H4ClFO2.C9H5FO3.C6H15N.Cl3OP/c10-7-4-9(12)13-8-2-1-5(11)3-6(7)8;10-5-1-2-8-6(3-5)7(11)4-9(12)13-8;1-4-7(5-2)6-3;1-5(2,3)4/h1-4H;1-4,11H;4-6H2,1-3H3;. The Morgan fingerprint density at radius 2 is 1.18 bits per heavy atom. The molecule has 0 radical (unpaired) electrons. The van der Waals surface area contributed by atoms with Gasteiger partial charge in [-0.1, -0.05) is 32.4 Å². The molecule has 0 atom stereocenters. The van der Waals surface area contributed by atoms with Gasteiger partial charge in [-0.05, 0) is 89.8 Å². The Labute approximate surface area is 236 Å². The van der Waals surface area contributed by atoms with Crippen LogP contribution in [0.4, 0.5) is 8.78 Å². The maximum atomic E-state index is 12.7. The Hall–Kier alpha value is -2.13. The van der Waals surface area contributed by atoms with Gasteiger partial charge in [0.05, 0.1) is 16.5 Å². The summed E-state index contributed by atoms with van der Waals surface area (Å²) < 4.78 is 44.4. The van der Waals surface area contributed by atoms with Gasteiger partial charge in [-0.2, -0.15) is 0 Å². The van der Waals surface area contributed by atoms with Crippen LogP contribution < -0.4 is 11.3 Å². The summed E-state index contributed by atoms with van der Waals surface area (Å²) in [5.41, 5.74) is -0.731. The lowest BCUT2D eigenvalue weighted by molar-refractivity contribution is 0.321. The monoisotopic (exact) mass is 631 g/mol. The van der Waals surface area contributed by atoms with Crippen molar-refractivity contribution < 1.29 is 27.3 Å². The van der Waals surface area contributed by atoms with E-state index in [1.165, 1.54) is 43.9 Å². The van der Waals surface area contributed by atoms with Gasteiger partial charge in [0.15, 0.2) is 0 Å². The number of hydrogen-bond acceptors (Lipinski definition) is 7. The highest BCUT2D eigenvalue weighted by molar-refractivity contribution is 8.24. The van der Waals surface area contributed by atoms with Crippen molar-refractivity contribution in [1.29, 1.82) is 0 Å². The highest BCUT2D eigenvalue weighted by Gasteiger charge is 2.05. The van der Waals surface area contributed by atoms with E-state index in [2.05, 4.69) is 59.4 Å². The fourth-order valence-corrected chi connectivity index (χ4v) is 3.12. The van der Waals surface area contributed by atoms with Gasteiger partial charge in [0.1, 0.15) is 28.5 Å². The van der Waals surface area contributed by atoms with Crippen LogP contribution in [0.5, 0.6) is 5.75 Å². The second kappa shape index (κ2) is 16.1. The van der Waals surface area contributed by atoms with E-state index in [4.69, 9.17) is 20.4 Å². The van der Waals surface area contributed by atoms with Crippen molar-refractivity contribution in [1.82, 2.24) is 4.90 Å². The van der Waals surface area contributed by atoms with Crippen LogP contribution in [0, 0.1) is 11.6 Å². The summed E-state index contributed by atoms with van der Waals surface area (Å²) in [5, 5.41) is 6.83. The molecular formula is C24H24Cl4F2NO6P. The largest absolute Gasteiger partial charge is 0.507 e. The van der Waals surface area contributed by atoms with Gasteiger partial charge in [0.25, 0.3) is 0 Å². The van der Waals surface area contributed by atoms with Crippen LogP contribution in [0.15, 0.2) is 67.0 Å². The molecule has 4 aromatic rings. The zero-order valence-corrected chi connectivity index (χ0v) is 24.3. The molecular weight excluding hydrogens is 609 g/mol. The fourth-order valence-electron chi connectivity index (χ4n) is 2.89. The highest BCUT2D eigenvalue weighted by Crippen LogP contribution is 2.61. The number of halogens is 6. The number of benzene rings is 2. The summed E-state index contributed by atoms with van der Waals surface area (Å²) >= 11 is 19.6. The molecule has 0 amide bonds. The molecule has 0 aliphatic heterocycles. The first-order chi connectivity index (χ1) is 17.7. The normalized spacial score (nSPS) is 10.7. The molecule has 0 aliphatic rings. The van der Waals surface area contributed by atoms with Gasteiger partial charge in [-0.25, -0.2) is 18.4 Å². The molecule has 0 bridgehead atoms. The van der Waals surface area contributed by atoms with Crippen molar-refractivity contribution in [3.63, 3.8) is 0 Å². The summed E-state index contributed by atoms with van der Waals surface area (Å²) in [6, 6.07) is 9.38. The minimum atomic E-state index is -3.22. The molecule has 0 fully saturated rings. The van der Waals surface area contributed by atoms with Crippen LogP contribution in [-0.4, -0.2) is 29.6 Å². The van der Waals surface area contributed by atoms with Gasteiger partial charge >= 0.3 is 16.5 Å². The van der Waals surface area contributed by atoms with Crippen LogP contribution in [0.25, 0.3) is 21.9 Å². The number of fused-ring (bicyclic) bond motifs is 2. The molecule has 0 saturated carbocycles. The van der Waals surface area contributed by atoms with Crippen molar-refractivity contribution in [3.05, 3.63) is 86.0 Å². The minimum Gasteiger partial charge on any atom is -0.507 e. The second-order valence-electron chi connectivity index (χ2n) is 7.16. The zero-order chi connectivity index (χ0) is 29.0. The van der Waals surface area contributed by atoms with E-state index in [0.717, 1.165) is 24.3 Å². The molecule has 2 aromatic heterocycles. The van der Waals surface area contributed by atoms with E-state index in [-0.39, 0.29) is 21.7 Å². The third-order valence-corrected chi connectivity index (χ3v) is 4.99. The molecule has 2 heterocycles. The maximum absolute atomic E-state index is 12.7. The van der Waals surface area contributed by atoms with Crippen molar-refractivity contribution >= 4 is 72.5 Å². The molecule has 0 unspecified atom stereocenters. The Morgan fingerprint density at radius 3 is 1.61 bits per heavy atom. The average molecular weight is 633 g/mol. The summed E-state index contributed by atoms with van der Waals surface area (Å²) in [6.45, 7) is 10.1. The molecule has 208 valence electrons. The van der Waals surface area contributed by atoms with E-state index in [1.807, 2.05) is 0 Å². The quantitative estimate of drug-likeness (QED) is 0.179. The number of aromatic hydroxyl groups is 1. The van der Waals surface area contributed by atoms with Gasteiger partial charge in [-0.15, -0.1) is 0 Å². The van der Waals surface area contributed by atoms with E-state index < -0.39 is 28.1 Å². The van der Waals surface area contributed by atoms with Crippen molar-refractivity contribution in [2.45, 2.75) is 20.8 Å². The smallest absolute Gasteiger partial charge is 0.339 e. The first-order valence-corrected chi connectivity index (χ1v) is 15.7. The molecule has 0 spiro atoms. The van der Waals surface area contributed by atoms with E-state index in [0.29, 0.717) is 11.0 Å². The molecule has 2 aromatic carbocycles. The van der Waals surface area contributed by atoms with Gasteiger partial charge in [0.2, 0.25) is 0 Å². The van der Waals surface area contributed by atoms with E-state index in [1.54, 1.807) is 0 Å². The van der Waals surface area contributed by atoms with Crippen molar-refractivity contribution in [2.24, 2.45) is 0 Å². The highest BCUT2D eigenvalue weighted by atomic mass is 36.0. The molecule has 38 heavy (non-hydrogen) atoms. The summed E-state index contributed by atoms with van der Waals surface area (Å²) in [7, 11) is 0.